The SMILES string of the molecule is CC1(C)OB(c2ccc(C34CCC(c5ccc(B6OC(C)(C)C(C)(C)O6)cc5)(C3)C3CCCC34)cc2)OC1(C)C. The van der Waals surface area contributed by atoms with Crippen LogP contribution in [0, 0.1) is 11.8 Å². The Balaban J connectivity index is 1.15. The zero-order valence-electron chi connectivity index (χ0n) is 25.8. The fraction of sp³-hybridized carbons (Fsp3) is 0.647. The second-order valence-electron chi connectivity index (χ2n) is 15.6. The third-order valence-corrected chi connectivity index (χ3v) is 12.6. The number of rotatable bonds is 4. The minimum atomic E-state index is -0.319. The number of fused-ring (bicyclic) bond motifs is 5. The summed E-state index contributed by atoms with van der Waals surface area (Å²) in [5, 5.41) is 0. The Morgan fingerprint density at radius 2 is 0.850 bits per heavy atom. The molecule has 3 aliphatic carbocycles. The molecule has 2 aromatic carbocycles. The second-order valence-corrected chi connectivity index (χ2v) is 15.6. The van der Waals surface area contributed by atoms with Crippen molar-refractivity contribution in [2.24, 2.45) is 11.8 Å². The van der Waals surface area contributed by atoms with E-state index < -0.39 is 0 Å². The molecule has 4 unspecified atom stereocenters. The molecule has 4 nitrogen and oxygen atoms in total. The average Bonchev–Trinajstić information content (AvgIpc) is 3.67. The van der Waals surface area contributed by atoms with Gasteiger partial charge in [0.2, 0.25) is 0 Å². The fourth-order valence-corrected chi connectivity index (χ4v) is 8.93. The van der Waals surface area contributed by atoms with Crippen molar-refractivity contribution in [1.29, 1.82) is 0 Å². The lowest BCUT2D eigenvalue weighted by Crippen LogP contribution is -2.41. The van der Waals surface area contributed by atoms with Crippen molar-refractivity contribution in [2.45, 2.75) is 127 Å². The predicted molar refractivity (Wildman–Crippen MR) is 162 cm³/mol. The number of hydrogen-bond donors (Lipinski definition) is 0. The van der Waals surface area contributed by atoms with Gasteiger partial charge in [-0.1, -0.05) is 55.0 Å². The molecular formula is C34H46B2O4. The van der Waals surface area contributed by atoms with E-state index in [1.807, 2.05) is 0 Å². The van der Waals surface area contributed by atoms with Gasteiger partial charge in [-0.05, 0) is 132 Å². The monoisotopic (exact) mass is 540 g/mol. The number of hydrogen-bond acceptors (Lipinski definition) is 4. The van der Waals surface area contributed by atoms with Gasteiger partial charge in [0.05, 0.1) is 22.4 Å². The maximum Gasteiger partial charge on any atom is 0.494 e. The molecule has 2 saturated heterocycles. The first kappa shape index (κ1) is 27.3. The van der Waals surface area contributed by atoms with E-state index in [4.69, 9.17) is 18.6 Å². The topological polar surface area (TPSA) is 36.9 Å². The zero-order valence-corrected chi connectivity index (χ0v) is 25.8. The lowest BCUT2D eigenvalue weighted by Gasteiger charge is -2.40. The Hall–Kier alpha value is -1.59. The van der Waals surface area contributed by atoms with Crippen LogP contribution in [0.3, 0.4) is 0 Å². The minimum Gasteiger partial charge on any atom is -0.399 e. The van der Waals surface area contributed by atoms with Gasteiger partial charge >= 0.3 is 14.2 Å². The van der Waals surface area contributed by atoms with E-state index in [-0.39, 0.29) is 47.5 Å². The third kappa shape index (κ3) is 3.68. The molecule has 0 aromatic heterocycles. The van der Waals surface area contributed by atoms with Gasteiger partial charge in [0.1, 0.15) is 0 Å². The molecule has 0 radical (unpaired) electrons. The highest BCUT2D eigenvalue weighted by molar-refractivity contribution is 6.62. The summed E-state index contributed by atoms with van der Waals surface area (Å²) in [5.41, 5.74) is 4.59. The lowest BCUT2D eigenvalue weighted by molar-refractivity contribution is 0.00578. The van der Waals surface area contributed by atoms with Crippen molar-refractivity contribution >= 4 is 25.2 Å². The van der Waals surface area contributed by atoms with E-state index in [0.717, 1.165) is 22.8 Å². The van der Waals surface area contributed by atoms with Gasteiger partial charge in [-0.15, -0.1) is 0 Å². The molecule has 2 aromatic rings. The molecule has 0 amide bonds. The molecule has 2 heterocycles. The van der Waals surface area contributed by atoms with Crippen LogP contribution in [0.15, 0.2) is 48.5 Å². The summed E-state index contributed by atoms with van der Waals surface area (Å²) >= 11 is 0. The van der Waals surface area contributed by atoms with Crippen molar-refractivity contribution in [3.8, 4) is 0 Å². The Bertz CT molecular complexity index is 1170. The Kier molecular flexibility index (Phi) is 5.79. The van der Waals surface area contributed by atoms with Crippen LogP contribution in [0.25, 0.3) is 0 Å². The van der Waals surface area contributed by atoms with Crippen LogP contribution in [0.4, 0.5) is 0 Å². The Labute approximate surface area is 242 Å². The normalized spacial score (nSPS) is 36.4. The van der Waals surface area contributed by atoms with Crippen molar-refractivity contribution < 1.29 is 18.6 Å². The quantitative estimate of drug-likeness (QED) is 0.441. The lowest BCUT2D eigenvalue weighted by atomic mass is 9.64. The maximum absolute atomic E-state index is 6.35. The molecule has 5 aliphatic rings. The third-order valence-electron chi connectivity index (χ3n) is 12.6. The molecule has 3 saturated carbocycles. The van der Waals surface area contributed by atoms with Gasteiger partial charge in [-0.3, -0.25) is 0 Å². The van der Waals surface area contributed by atoms with Gasteiger partial charge in [-0.2, -0.15) is 0 Å². The molecule has 4 atom stereocenters. The summed E-state index contributed by atoms with van der Waals surface area (Å²) in [6.07, 6.45) is 7.90. The summed E-state index contributed by atoms with van der Waals surface area (Å²) in [6.45, 7) is 17.0. The molecule has 0 N–H and O–H groups in total. The highest BCUT2D eigenvalue weighted by atomic mass is 16.7. The van der Waals surface area contributed by atoms with E-state index in [2.05, 4.69) is 104 Å². The van der Waals surface area contributed by atoms with E-state index in [9.17, 15) is 0 Å². The summed E-state index contributed by atoms with van der Waals surface area (Å²) in [6, 6.07) is 18.7. The van der Waals surface area contributed by atoms with Crippen LogP contribution in [-0.2, 0) is 29.4 Å². The molecule has 40 heavy (non-hydrogen) atoms. The first-order valence-corrected chi connectivity index (χ1v) is 15.6. The molecule has 6 heteroatoms. The molecule has 2 bridgehead atoms. The van der Waals surface area contributed by atoms with E-state index in [0.29, 0.717) is 0 Å². The first-order chi connectivity index (χ1) is 18.7. The fourth-order valence-electron chi connectivity index (χ4n) is 8.93. The van der Waals surface area contributed by atoms with Gasteiger partial charge in [0, 0.05) is 0 Å². The Morgan fingerprint density at radius 3 is 1.18 bits per heavy atom. The molecule has 5 fully saturated rings. The van der Waals surface area contributed by atoms with Gasteiger partial charge in [-0.25, -0.2) is 0 Å². The van der Waals surface area contributed by atoms with Crippen LogP contribution in [-0.4, -0.2) is 36.6 Å². The molecular weight excluding hydrogens is 494 g/mol. The van der Waals surface area contributed by atoms with Crippen LogP contribution in [0.5, 0.6) is 0 Å². The Morgan fingerprint density at radius 1 is 0.525 bits per heavy atom. The van der Waals surface area contributed by atoms with Crippen LogP contribution in [0.2, 0.25) is 0 Å². The maximum atomic E-state index is 6.35. The minimum absolute atomic E-state index is 0.278. The summed E-state index contributed by atoms with van der Waals surface area (Å²) < 4.78 is 25.4. The predicted octanol–water partition coefficient (Wildman–Crippen LogP) is 6.07. The molecule has 212 valence electrons. The van der Waals surface area contributed by atoms with Gasteiger partial charge < -0.3 is 18.6 Å². The summed E-state index contributed by atoms with van der Waals surface area (Å²) in [5.74, 6) is 1.54. The average molecular weight is 540 g/mol. The highest BCUT2D eigenvalue weighted by Crippen LogP contribution is 2.72. The summed E-state index contributed by atoms with van der Waals surface area (Å²) in [4.78, 5) is 0. The zero-order chi connectivity index (χ0) is 28.3. The first-order valence-electron chi connectivity index (χ1n) is 15.6. The van der Waals surface area contributed by atoms with Crippen molar-refractivity contribution in [3.63, 3.8) is 0 Å². The summed E-state index contributed by atoms with van der Waals surface area (Å²) in [7, 11) is -0.603. The van der Waals surface area contributed by atoms with E-state index >= 15 is 0 Å². The van der Waals surface area contributed by atoms with Crippen LogP contribution < -0.4 is 10.9 Å². The van der Waals surface area contributed by atoms with Crippen molar-refractivity contribution in [1.82, 2.24) is 0 Å². The standard InChI is InChI=1S/C34H46B2O4/c1-29(2)30(3,4)38-35(37-29)25-16-12-23(13-17-25)33-20-21-34(22-33,28-11-9-10-27(28)33)24-14-18-26(19-15-24)36-39-31(5,6)32(7,8)40-36/h12-19,27-28H,9-11,20-22H2,1-8H3. The molecule has 2 aliphatic heterocycles. The van der Waals surface area contributed by atoms with Crippen molar-refractivity contribution in [3.05, 3.63) is 59.7 Å². The van der Waals surface area contributed by atoms with E-state index in [1.165, 1.54) is 49.7 Å². The molecule has 7 rings (SSSR count). The molecule has 0 spiro atoms. The van der Waals surface area contributed by atoms with Gasteiger partial charge in [0.15, 0.2) is 0 Å². The second kappa shape index (κ2) is 8.49. The van der Waals surface area contributed by atoms with Crippen LogP contribution >= 0.6 is 0 Å². The van der Waals surface area contributed by atoms with Crippen molar-refractivity contribution in [2.75, 3.05) is 0 Å². The smallest absolute Gasteiger partial charge is 0.399 e. The van der Waals surface area contributed by atoms with Gasteiger partial charge in [0.25, 0.3) is 0 Å². The largest absolute Gasteiger partial charge is 0.494 e. The van der Waals surface area contributed by atoms with E-state index in [1.54, 1.807) is 0 Å². The number of benzene rings is 2. The highest BCUT2D eigenvalue weighted by Gasteiger charge is 2.67. The van der Waals surface area contributed by atoms with Crippen LogP contribution in [0.1, 0.15) is 105 Å².